The molecule has 126 valence electrons. The van der Waals surface area contributed by atoms with Crippen LogP contribution < -0.4 is 9.64 Å². The number of thiazole rings is 1. The number of ether oxygens (including phenoxy) is 2. The average Bonchev–Trinajstić information content (AvgIpc) is 2.98. The van der Waals surface area contributed by atoms with Gasteiger partial charge in [0.15, 0.2) is 6.10 Å². The lowest BCUT2D eigenvalue weighted by Gasteiger charge is -2.32. The first kappa shape index (κ1) is 16.4. The van der Waals surface area contributed by atoms with Crippen molar-refractivity contribution in [1.82, 2.24) is 4.98 Å². The number of rotatable bonds is 4. The fraction of sp³-hybridized carbons (Fsp3) is 0.353. The zero-order valence-corrected chi connectivity index (χ0v) is 14.6. The Bertz CT molecular complexity index is 787. The number of fused-ring (bicyclic) bond motifs is 1. The Kier molecular flexibility index (Phi) is 4.53. The summed E-state index contributed by atoms with van der Waals surface area (Å²) in [5.41, 5.74) is 2.27. The molecule has 0 radical (unpaired) electrons. The van der Waals surface area contributed by atoms with Gasteiger partial charge in [0.05, 0.1) is 23.0 Å². The molecular weight excluding hydrogens is 328 g/mol. The molecule has 6 nitrogen and oxygen atoms in total. The maximum absolute atomic E-state index is 12.5. The first-order chi connectivity index (χ1) is 11.5. The zero-order valence-electron chi connectivity index (χ0n) is 13.7. The Morgan fingerprint density at radius 3 is 2.92 bits per heavy atom. The van der Waals surface area contributed by atoms with Gasteiger partial charge in [0.25, 0.3) is 5.91 Å². The molecule has 1 amide bonds. The van der Waals surface area contributed by atoms with Gasteiger partial charge in [0.2, 0.25) is 0 Å². The van der Waals surface area contributed by atoms with Gasteiger partial charge in [-0.15, -0.1) is 11.3 Å². The van der Waals surface area contributed by atoms with Gasteiger partial charge < -0.3 is 9.47 Å². The number of carbonyl (C=O) groups excluding carboxylic acids is 2. The third-order valence-corrected chi connectivity index (χ3v) is 4.45. The number of benzene rings is 1. The molecule has 0 aliphatic carbocycles. The van der Waals surface area contributed by atoms with E-state index < -0.39 is 12.1 Å². The number of anilines is 1. The summed E-state index contributed by atoms with van der Waals surface area (Å²) < 4.78 is 10.6. The molecular formula is C17H18N2O4S. The van der Waals surface area contributed by atoms with E-state index in [1.807, 2.05) is 24.4 Å². The smallest absolute Gasteiger partial charge is 0.326 e. The second-order valence-electron chi connectivity index (χ2n) is 5.42. The van der Waals surface area contributed by atoms with Crippen LogP contribution in [-0.4, -0.2) is 36.1 Å². The minimum atomic E-state index is -0.640. The van der Waals surface area contributed by atoms with Crippen LogP contribution in [0, 0.1) is 6.92 Å². The lowest BCUT2D eigenvalue weighted by atomic mass is 10.1. The van der Waals surface area contributed by atoms with Crippen molar-refractivity contribution in [2.24, 2.45) is 0 Å². The lowest BCUT2D eigenvalue weighted by molar-refractivity contribution is -0.143. The molecule has 2 aromatic rings. The number of esters is 1. The Morgan fingerprint density at radius 1 is 1.46 bits per heavy atom. The summed E-state index contributed by atoms with van der Waals surface area (Å²) in [6, 6.07) is 5.53. The standard InChI is InChI=1S/C17H18N2O4S/c1-4-22-16(20)8-19-14-7-12(13-9-24-11(3)18-13)5-6-15(14)23-10(2)17(19)21/h5-7,9-10H,4,8H2,1-3H3. The van der Waals surface area contributed by atoms with Crippen molar-refractivity contribution < 1.29 is 19.1 Å². The van der Waals surface area contributed by atoms with Crippen molar-refractivity contribution in [3.63, 3.8) is 0 Å². The van der Waals surface area contributed by atoms with Crippen molar-refractivity contribution >= 4 is 28.9 Å². The summed E-state index contributed by atoms with van der Waals surface area (Å²) in [7, 11) is 0. The molecule has 0 bridgehead atoms. The van der Waals surface area contributed by atoms with Gasteiger partial charge in [-0.3, -0.25) is 14.5 Å². The minimum absolute atomic E-state index is 0.132. The largest absolute Gasteiger partial charge is 0.479 e. The van der Waals surface area contributed by atoms with Crippen molar-refractivity contribution in [1.29, 1.82) is 0 Å². The second kappa shape index (κ2) is 6.60. The van der Waals surface area contributed by atoms with Crippen LogP contribution in [0.15, 0.2) is 23.6 Å². The maximum Gasteiger partial charge on any atom is 0.326 e. The number of aromatic nitrogens is 1. The van der Waals surface area contributed by atoms with E-state index in [4.69, 9.17) is 9.47 Å². The number of carbonyl (C=O) groups is 2. The van der Waals surface area contributed by atoms with Gasteiger partial charge in [-0.2, -0.15) is 0 Å². The summed E-state index contributed by atoms with van der Waals surface area (Å²) in [4.78, 5) is 30.2. The molecule has 0 saturated heterocycles. The molecule has 1 aromatic carbocycles. The van der Waals surface area contributed by atoms with Gasteiger partial charge in [-0.25, -0.2) is 4.98 Å². The van der Waals surface area contributed by atoms with E-state index in [2.05, 4.69) is 4.98 Å². The van der Waals surface area contributed by atoms with E-state index in [0.717, 1.165) is 16.3 Å². The van der Waals surface area contributed by atoms with E-state index >= 15 is 0 Å². The summed E-state index contributed by atoms with van der Waals surface area (Å²) in [5, 5.41) is 2.92. The summed E-state index contributed by atoms with van der Waals surface area (Å²) >= 11 is 1.56. The van der Waals surface area contributed by atoms with Gasteiger partial charge in [0.1, 0.15) is 12.3 Å². The highest BCUT2D eigenvalue weighted by Crippen LogP contribution is 2.37. The summed E-state index contributed by atoms with van der Waals surface area (Å²) in [5.74, 6) is -0.134. The van der Waals surface area contributed by atoms with Crippen LogP contribution in [0.1, 0.15) is 18.9 Å². The quantitative estimate of drug-likeness (QED) is 0.796. The van der Waals surface area contributed by atoms with Crippen molar-refractivity contribution in [3.8, 4) is 17.0 Å². The lowest BCUT2D eigenvalue weighted by Crippen LogP contribution is -2.47. The van der Waals surface area contributed by atoms with Crippen LogP contribution >= 0.6 is 11.3 Å². The van der Waals surface area contributed by atoms with Gasteiger partial charge in [-0.05, 0) is 39.0 Å². The zero-order chi connectivity index (χ0) is 17.3. The predicted molar refractivity (Wildman–Crippen MR) is 91.4 cm³/mol. The molecule has 3 rings (SSSR count). The number of aryl methyl sites for hydroxylation is 1. The molecule has 7 heteroatoms. The summed E-state index contributed by atoms with van der Waals surface area (Å²) in [6.07, 6.45) is -0.640. The Labute approximate surface area is 144 Å². The van der Waals surface area contributed by atoms with E-state index in [9.17, 15) is 9.59 Å². The van der Waals surface area contributed by atoms with Gasteiger partial charge in [-0.1, -0.05) is 0 Å². The third-order valence-electron chi connectivity index (χ3n) is 3.67. The van der Waals surface area contributed by atoms with Crippen molar-refractivity contribution in [3.05, 3.63) is 28.6 Å². The normalized spacial score (nSPS) is 16.5. The van der Waals surface area contributed by atoms with E-state index in [0.29, 0.717) is 11.4 Å². The van der Waals surface area contributed by atoms with E-state index in [-0.39, 0.29) is 19.1 Å². The van der Waals surface area contributed by atoms with Crippen molar-refractivity contribution in [2.45, 2.75) is 26.9 Å². The predicted octanol–water partition coefficient (Wildman–Crippen LogP) is 2.80. The monoisotopic (exact) mass is 346 g/mol. The fourth-order valence-electron chi connectivity index (χ4n) is 2.56. The third kappa shape index (κ3) is 3.12. The van der Waals surface area contributed by atoms with Gasteiger partial charge >= 0.3 is 5.97 Å². The number of amides is 1. The first-order valence-corrected chi connectivity index (χ1v) is 8.57. The Balaban J connectivity index is 1.99. The van der Waals surface area contributed by atoms with Crippen LogP contribution in [0.5, 0.6) is 5.75 Å². The molecule has 1 aliphatic rings. The second-order valence-corrected chi connectivity index (χ2v) is 6.49. The Morgan fingerprint density at radius 2 is 2.25 bits per heavy atom. The first-order valence-electron chi connectivity index (χ1n) is 7.69. The van der Waals surface area contributed by atoms with Crippen LogP contribution in [0.2, 0.25) is 0 Å². The molecule has 2 heterocycles. The fourth-order valence-corrected chi connectivity index (χ4v) is 3.18. The highest BCUT2D eigenvalue weighted by molar-refractivity contribution is 7.09. The highest BCUT2D eigenvalue weighted by Gasteiger charge is 2.33. The molecule has 1 aliphatic heterocycles. The molecule has 0 fully saturated rings. The van der Waals surface area contributed by atoms with E-state index in [1.54, 1.807) is 31.3 Å². The number of nitrogens with zero attached hydrogens (tertiary/aromatic N) is 2. The molecule has 0 N–H and O–H groups in total. The molecule has 0 saturated carbocycles. The molecule has 1 atom stereocenters. The van der Waals surface area contributed by atoms with Crippen molar-refractivity contribution in [2.75, 3.05) is 18.1 Å². The summed E-state index contributed by atoms with van der Waals surface area (Å²) in [6.45, 7) is 5.48. The minimum Gasteiger partial charge on any atom is -0.479 e. The Hall–Kier alpha value is -2.41. The molecule has 1 unspecified atom stereocenters. The van der Waals surface area contributed by atoms with E-state index in [1.165, 1.54) is 4.90 Å². The topological polar surface area (TPSA) is 68.7 Å². The number of hydrogen-bond acceptors (Lipinski definition) is 6. The van der Waals surface area contributed by atoms with Crippen LogP contribution in [0.4, 0.5) is 5.69 Å². The maximum atomic E-state index is 12.5. The molecule has 0 spiro atoms. The van der Waals surface area contributed by atoms with Crippen LogP contribution in [0.3, 0.4) is 0 Å². The molecule has 24 heavy (non-hydrogen) atoms. The average molecular weight is 346 g/mol. The van der Waals surface area contributed by atoms with Gasteiger partial charge in [0, 0.05) is 10.9 Å². The van der Waals surface area contributed by atoms with Crippen LogP contribution in [0.25, 0.3) is 11.3 Å². The molecule has 1 aromatic heterocycles. The SMILES string of the molecule is CCOC(=O)CN1C(=O)C(C)Oc2ccc(-c3csc(C)n3)cc21. The highest BCUT2D eigenvalue weighted by atomic mass is 32.1. The van der Waals surface area contributed by atoms with Crippen LogP contribution in [-0.2, 0) is 14.3 Å². The number of hydrogen-bond donors (Lipinski definition) is 0.